The number of nitrogens with zero attached hydrogens (tertiary/aromatic N) is 1. The van der Waals surface area contributed by atoms with Gasteiger partial charge in [-0.2, -0.15) is 0 Å². The summed E-state index contributed by atoms with van der Waals surface area (Å²) >= 11 is 0. The van der Waals surface area contributed by atoms with Crippen molar-refractivity contribution in [3.63, 3.8) is 0 Å². The fraction of sp³-hybridized carbons (Fsp3) is 0.900. The smallest absolute Gasteiger partial charge is 0.226 e. The first-order valence-electron chi connectivity index (χ1n) is 4.88. The highest BCUT2D eigenvalue weighted by Gasteiger charge is 2.43. The van der Waals surface area contributed by atoms with E-state index in [1.165, 1.54) is 0 Å². The van der Waals surface area contributed by atoms with Crippen molar-refractivity contribution >= 4 is 5.91 Å². The van der Waals surface area contributed by atoms with Gasteiger partial charge in [0.1, 0.15) is 0 Å². The molecule has 1 rings (SSSR count). The van der Waals surface area contributed by atoms with E-state index in [1.807, 2.05) is 20.9 Å². The van der Waals surface area contributed by atoms with Crippen LogP contribution in [0.4, 0.5) is 0 Å². The van der Waals surface area contributed by atoms with Gasteiger partial charge in [0.15, 0.2) is 0 Å². The van der Waals surface area contributed by atoms with Crippen molar-refractivity contribution in [3.05, 3.63) is 0 Å². The van der Waals surface area contributed by atoms with Crippen molar-refractivity contribution in [1.29, 1.82) is 0 Å². The van der Waals surface area contributed by atoms with E-state index < -0.39 is 0 Å². The minimum atomic E-state index is -0.209. The lowest BCUT2D eigenvalue weighted by molar-refractivity contribution is -0.136. The Hall–Kier alpha value is -0.570. The minimum absolute atomic E-state index is 0.209. The van der Waals surface area contributed by atoms with Gasteiger partial charge in [0.25, 0.3) is 0 Å². The predicted molar refractivity (Wildman–Crippen MR) is 53.2 cm³/mol. The summed E-state index contributed by atoms with van der Waals surface area (Å²) in [6.07, 6.45) is 1.05. The minimum Gasteiger partial charge on any atom is -0.339 e. The molecule has 0 aromatic heterocycles. The fourth-order valence-electron chi connectivity index (χ4n) is 1.35. The first-order valence-corrected chi connectivity index (χ1v) is 4.88. The van der Waals surface area contributed by atoms with Crippen LogP contribution < -0.4 is 5.73 Å². The molecule has 0 saturated heterocycles. The number of nitrogens with two attached hydrogens (primary N) is 1. The molecule has 2 atom stereocenters. The third-order valence-electron chi connectivity index (χ3n) is 3.16. The normalized spacial score (nSPS) is 27.2. The Balaban J connectivity index is 2.57. The summed E-state index contributed by atoms with van der Waals surface area (Å²) in [5.74, 6) is 1.09. The number of carbonyl (C=O) groups excluding carboxylic acids is 1. The number of hydrogen-bond donors (Lipinski definition) is 1. The largest absolute Gasteiger partial charge is 0.339 e. The van der Waals surface area contributed by atoms with E-state index in [-0.39, 0.29) is 17.4 Å². The van der Waals surface area contributed by atoms with Crippen LogP contribution in [0.1, 0.15) is 27.2 Å². The topological polar surface area (TPSA) is 46.3 Å². The molecule has 0 bridgehead atoms. The second kappa shape index (κ2) is 3.29. The van der Waals surface area contributed by atoms with Crippen molar-refractivity contribution in [2.24, 2.45) is 17.6 Å². The lowest BCUT2D eigenvalue weighted by Crippen LogP contribution is -2.50. The Morgan fingerprint density at radius 3 is 2.38 bits per heavy atom. The average molecular weight is 184 g/mol. The molecule has 1 aliphatic carbocycles. The number of amides is 1. The maximum atomic E-state index is 11.8. The van der Waals surface area contributed by atoms with E-state index in [4.69, 9.17) is 5.73 Å². The number of rotatable bonds is 3. The van der Waals surface area contributed by atoms with E-state index in [9.17, 15) is 4.79 Å². The van der Waals surface area contributed by atoms with Gasteiger partial charge in [-0.15, -0.1) is 0 Å². The molecule has 1 aliphatic rings. The maximum Gasteiger partial charge on any atom is 0.226 e. The van der Waals surface area contributed by atoms with Crippen molar-refractivity contribution in [2.45, 2.75) is 32.7 Å². The van der Waals surface area contributed by atoms with E-state index in [0.717, 1.165) is 6.42 Å². The molecule has 1 amide bonds. The first kappa shape index (κ1) is 10.5. The summed E-state index contributed by atoms with van der Waals surface area (Å²) in [6, 6.07) is 0. The summed E-state index contributed by atoms with van der Waals surface area (Å²) in [6.45, 7) is 6.62. The maximum absolute atomic E-state index is 11.8. The molecule has 0 aromatic carbocycles. The summed E-state index contributed by atoms with van der Waals surface area (Å²) < 4.78 is 0. The average Bonchev–Trinajstić information content (AvgIpc) is 2.80. The summed E-state index contributed by atoms with van der Waals surface area (Å²) in [4.78, 5) is 13.6. The standard InChI is InChI=1S/C10H20N2O/c1-7-5-8(7)9(13)12(4)10(2,3)6-11/h7-8H,5-6,11H2,1-4H3. The molecule has 1 fully saturated rings. The van der Waals surface area contributed by atoms with Crippen molar-refractivity contribution in [1.82, 2.24) is 4.90 Å². The highest BCUT2D eigenvalue weighted by Crippen LogP contribution is 2.39. The fourth-order valence-corrected chi connectivity index (χ4v) is 1.35. The summed E-state index contributed by atoms with van der Waals surface area (Å²) in [7, 11) is 1.85. The molecule has 3 heteroatoms. The van der Waals surface area contributed by atoms with Crippen LogP contribution in [0, 0.1) is 11.8 Å². The van der Waals surface area contributed by atoms with Crippen molar-refractivity contribution < 1.29 is 4.79 Å². The van der Waals surface area contributed by atoms with Crippen LogP contribution >= 0.6 is 0 Å². The number of hydrogen-bond acceptors (Lipinski definition) is 2. The predicted octanol–water partition coefficient (Wildman–Crippen LogP) is 0.838. The molecule has 1 saturated carbocycles. The SMILES string of the molecule is CC1CC1C(=O)N(C)C(C)(C)CN. The first-order chi connectivity index (χ1) is 5.90. The Labute approximate surface area is 80.3 Å². The number of carbonyl (C=O) groups is 1. The zero-order valence-corrected chi connectivity index (χ0v) is 9.00. The quantitative estimate of drug-likeness (QED) is 0.706. The number of likely N-dealkylation sites (N-methyl/N-ethyl adjacent to an activating group) is 1. The lowest BCUT2D eigenvalue weighted by Gasteiger charge is -2.34. The van der Waals surface area contributed by atoms with Gasteiger partial charge in [-0.1, -0.05) is 6.92 Å². The molecule has 2 N–H and O–H groups in total. The molecule has 0 heterocycles. The van der Waals surface area contributed by atoms with E-state index >= 15 is 0 Å². The van der Waals surface area contributed by atoms with Crippen LogP contribution in [-0.2, 0) is 4.79 Å². The Morgan fingerprint density at radius 2 is 2.08 bits per heavy atom. The molecule has 0 spiro atoms. The van der Waals surface area contributed by atoms with Gasteiger partial charge in [-0.3, -0.25) is 4.79 Å². The van der Waals surface area contributed by atoms with Gasteiger partial charge in [0.2, 0.25) is 5.91 Å². The summed E-state index contributed by atoms with van der Waals surface area (Å²) in [5.41, 5.74) is 5.40. The Bertz CT molecular complexity index is 213. The van der Waals surface area contributed by atoms with Crippen LogP contribution in [0.5, 0.6) is 0 Å². The van der Waals surface area contributed by atoms with E-state index in [0.29, 0.717) is 12.5 Å². The van der Waals surface area contributed by atoms with Crippen LogP contribution in [0.3, 0.4) is 0 Å². The zero-order valence-electron chi connectivity index (χ0n) is 9.00. The zero-order chi connectivity index (χ0) is 10.2. The van der Waals surface area contributed by atoms with Crippen molar-refractivity contribution in [2.75, 3.05) is 13.6 Å². The molecule has 13 heavy (non-hydrogen) atoms. The van der Waals surface area contributed by atoms with E-state index in [1.54, 1.807) is 4.90 Å². The molecule has 3 nitrogen and oxygen atoms in total. The third-order valence-corrected chi connectivity index (χ3v) is 3.16. The molecule has 2 unspecified atom stereocenters. The van der Waals surface area contributed by atoms with Gasteiger partial charge in [-0.25, -0.2) is 0 Å². The van der Waals surface area contributed by atoms with Gasteiger partial charge < -0.3 is 10.6 Å². The van der Waals surface area contributed by atoms with Crippen LogP contribution in [0.2, 0.25) is 0 Å². The molecular formula is C10H20N2O. The molecule has 0 aromatic rings. The molecule has 0 radical (unpaired) electrons. The Morgan fingerprint density at radius 1 is 1.62 bits per heavy atom. The van der Waals surface area contributed by atoms with Crippen LogP contribution in [-0.4, -0.2) is 29.9 Å². The van der Waals surface area contributed by atoms with Gasteiger partial charge >= 0.3 is 0 Å². The highest BCUT2D eigenvalue weighted by molar-refractivity contribution is 5.82. The van der Waals surface area contributed by atoms with E-state index in [2.05, 4.69) is 6.92 Å². The van der Waals surface area contributed by atoms with Crippen LogP contribution in [0.15, 0.2) is 0 Å². The van der Waals surface area contributed by atoms with Crippen LogP contribution in [0.25, 0.3) is 0 Å². The van der Waals surface area contributed by atoms with Crippen molar-refractivity contribution in [3.8, 4) is 0 Å². The van der Waals surface area contributed by atoms with Gasteiger partial charge in [0, 0.05) is 25.0 Å². The van der Waals surface area contributed by atoms with Gasteiger partial charge in [0.05, 0.1) is 0 Å². The lowest BCUT2D eigenvalue weighted by atomic mass is 10.0. The second-order valence-electron chi connectivity index (χ2n) is 4.73. The third kappa shape index (κ3) is 2.02. The Kier molecular flexibility index (Phi) is 2.66. The monoisotopic (exact) mass is 184 g/mol. The second-order valence-corrected chi connectivity index (χ2v) is 4.73. The summed E-state index contributed by atoms with van der Waals surface area (Å²) in [5, 5.41) is 0. The molecule has 76 valence electrons. The van der Waals surface area contributed by atoms with Gasteiger partial charge in [-0.05, 0) is 26.2 Å². The highest BCUT2D eigenvalue weighted by atomic mass is 16.2. The molecule has 0 aliphatic heterocycles. The molecular weight excluding hydrogens is 164 g/mol.